The maximum absolute atomic E-state index is 13.6. The molecule has 0 saturated heterocycles. The van der Waals surface area contributed by atoms with Crippen LogP contribution in [0, 0.1) is 6.92 Å². The fraction of sp³-hybridized carbons (Fsp3) is 0.188. The molecule has 0 radical (unpaired) electrons. The van der Waals surface area contributed by atoms with Crippen LogP contribution in [0.2, 0.25) is 0 Å². The van der Waals surface area contributed by atoms with Gasteiger partial charge in [0.1, 0.15) is 22.8 Å². The third-order valence-corrected chi connectivity index (χ3v) is 7.51. The molecule has 1 N–H and O–H groups in total. The van der Waals surface area contributed by atoms with Crippen molar-refractivity contribution in [2.24, 2.45) is 0 Å². The zero-order valence-corrected chi connectivity index (χ0v) is 24.0. The summed E-state index contributed by atoms with van der Waals surface area (Å²) in [5.41, 5.74) is 1.86. The van der Waals surface area contributed by atoms with Gasteiger partial charge in [0.05, 0.1) is 18.2 Å². The molecule has 2 heterocycles. The van der Waals surface area contributed by atoms with Gasteiger partial charge in [-0.15, -0.1) is 0 Å². The summed E-state index contributed by atoms with van der Waals surface area (Å²) in [6.45, 7) is 3.55. The van der Waals surface area contributed by atoms with Gasteiger partial charge in [0.25, 0.3) is 5.91 Å². The second-order valence-corrected chi connectivity index (χ2v) is 10.3. The number of rotatable bonds is 10. The van der Waals surface area contributed by atoms with E-state index in [1.807, 2.05) is 30.3 Å². The largest absolute Gasteiger partial charge is 0.497 e. The quantitative estimate of drug-likeness (QED) is 0.188. The molecule has 0 bridgehead atoms. The molecule has 2 aromatic heterocycles. The molecule has 0 aliphatic rings. The average molecular weight is 585 g/mol. The number of carbonyl (C=O) groups excluding carboxylic acids is 2. The van der Waals surface area contributed by atoms with Gasteiger partial charge in [-0.25, -0.2) is 9.78 Å². The van der Waals surface area contributed by atoms with Gasteiger partial charge in [-0.1, -0.05) is 60.7 Å². The highest BCUT2D eigenvalue weighted by Gasteiger charge is 2.26. The van der Waals surface area contributed by atoms with Gasteiger partial charge < -0.3 is 18.6 Å². The van der Waals surface area contributed by atoms with Crippen LogP contribution in [0.1, 0.15) is 34.3 Å². The molecule has 1 atom stereocenters. The second kappa shape index (κ2) is 12.7. The summed E-state index contributed by atoms with van der Waals surface area (Å²) in [4.78, 5) is 44.2. The van der Waals surface area contributed by atoms with Crippen molar-refractivity contribution in [1.82, 2.24) is 4.98 Å². The van der Waals surface area contributed by atoms with Crippen molar-refractivity contribution in [1.29, 1.82) is 0 Å². The van der Waals surface area contributed by atoms with Crippen LogP contribution < -0.4 is 20.2 Å². The Morgan fingerprint density at radius 1 is 1.00 bits per heavy atom. The van der Waals surface area contributed by atoms with Gasteiger partial charge in [0.15, 0.2) is 17.0 Å². The minimum Gasteiger partial charge on any atom is -0.497 e. The van der Waals surface area contributed by atoms with E-state index in [0.717, 1.165) is 16.9 Å². The van der Waals surface area contributed by atoms with Crippen molar-refractivity contribution in [3.8, 4) is 22.8 Å². The highest BCUT2D eigenvalue weighted by molar-refractivity contribution is 7.17. The molecule has 5 aromatic rings. The number of aryl methyl sites for hydroxylation is 1. The fourth-order valence-corrected chi connectivity index (χ4v) is 5.11. The van der Waals surface area contributed by atoms with E-state index in [1.165, 1.54) is 0 Å². The van der Waals surface area contributed by atoms with Crippen molar-refractivity contribution in [3.63, 3.8) is 0 Å². The number of nitrogens with one attached hydrogen (secondary N) is 1. The molecular formula is C32H28N2O7S. The number of hydrogen-bond donors (Lipinski definition) is 1. The van der Waals surface area contributed by atoms with Gasteiger partial charge in [0.2, 0.25) is 11.2 Å². The number of benzene rings is 3. The molecule has 5 rings (SSSR count). The number of ether oxygens (including phenoxy) is 3. The van der Waals surface area contributed by atoms with Crippen LogP contribution >= 0.6 is 11.3 Å². The Kier molecular flexibility index (Phi) is 8.63. The smallest absolute Gasteiger partial charge is 0.350 e. The molecular weight excluding hydrogens is 556 g/mol. The molecule has 42 heavy (non-hydrogen) atoms. The zero-order valence-electron chi connectivity index (χ0n) is 23.2. The Labute approximate surface area is 245 Å². The van der Waals surface area contributed by atoms with Crippen LogP contribution in [0.25, 0.3) is 22.3 Å². The SMILES string of the molecule is CCC(Oc1c(-c2ccc(OC)cc2)oc2ccccc2c1=O)C(=O)Nc1nc(C)c(C(=O)OCc2ccccc2)s1. The predicted molar refractivity (Wildman–Crippen MR) is 160 cm³/mol. The summed E-state index contributed by atoms with van der Waals surface area (Å²) in [6.07, 6.45) is -0.806. The van der Waals surface area contributed by atoms with Crippen molar-refractivity contribution < 1.29 is 28.2 Å². The number of methoxy groups -OCH3 is 1. The van der Waals surface area contributed by atoms with Crippen LogP contribution in [-0.4, -0.2) is 30.1 Å². The number of para-hydroxylation sites is 1. The van der Waals surface area contributed by atoms with Crippen LogP contribution in [0.15, 0.2) is 88.1 Å². The second-order valence-electron chi connectivity index (χ2n) is 9.31. The summed E-state index contributed by atoms with van der Waals surface area (Å²) in [6, 6.07) is 23.2. The molecule has 0 spiro atoms. The van der Waals surface area contributed by atoms with Crippen LogP contribution in [0.4, 0.5) is 5.13 Å². The lowest BCUT2D eigenvalue weighted by Crippen LogP contribution is -2.34. The summed E-state index contributed by atoms with van der Waals surface area (Å²) >= 11 is 1.01. The molecule has 9 nitrogen and oxygen atoms in total. The predicted octanol–water partition coefficient (Wildman–Crippen LogP) is 6.39. The van der Waals surface area contributed by atoms with Crippen LogP contribution in [0.3, 0.4) is 0 Å². The monoisotopic (exact) mass is 584 g/mol. The molecule has 0 saturated carbocycles. The fourth-order valence-electron chi connectivity index (χ4n) is 4.24. The van der Waals surface area contributed by atoms with Crippen molar-refractivity contribution in [2.45, 2.75) is 33.0 Å². The summed E-state index contributed by atoms with van der Waals surface area (Å²) in [5, 5.41) is 3.26. The number of aromatic nitrogens is 1. The molecule has 0 fully saturated rings. The maximum atomic E-state index is 13.6. The topological polar surface area (TPSA) is 117 Å². The number of amides is 1. The van der Waals surface area contributed by atoms with E-state index in [2.05, 4.69) is 10.3 Å². The third-order valence-electron chi connectivity index (χ3n) is 6.46. The Hall–Kier alpha value is -4.96. The van der Waals surface area contributed by atoms with Crippen LogP contribution in [0.5, 0.6) is 11.5 Å². The first-order valence-corrected chi connectivity index (χ1v) is 14.1. The highest BCUT2D eigenvalue weighted by Crippen LogP contribution is 2.33. The van der Waals surface area contributed by atoms with E-state index in [0.29, 0.717) is 28.0 Å². The summed E-state index contributed by atoms with van der Waals surface area (Å²) in [5.74, 6) is -0.307. The minimum absolute atomic E-state index is 0.0821. The van der Waals surface area contributed by atoms with E-state index in [4.69, 9.17) is 18.6 Å². The first-order valence-electron chi connectivity index (χ1n) is 13.2. The van der Waals surface area contributed by atoms with E-state index < -0.39 is 23.4 Å². The molecule has 1 amide bonds. The van der Waals surface area contributed by atoms with E-state index in [-0.39, 0.29) is 34.5 Å². The number of nitrogens with zero attached hydrogens (tertiary/aromatic N) is 1. The van der Waals surface area contributed by atoms with Gasteiger partial charge in [-0.3, -0.25) is 14.9 Å². The Bertz CT molecular complexity index is 1780. The average Bonchev–Trinajstić information content (AvgIpc) is 3.39. The molecule has 3 aromatic carbocycles. The lowest BCUT2D eigenvalue weighted by Gasteiger charge is -2.18. The Morgan fingerprint density at radius 3 is 2.43 bits per heavy atom. The molecule has 214 valence electrons. The lowest BCUT2D eigenvalue weighted by molar-refractivity contribution is -0.122. The number of anilines is 1. The highest BCUT2D eigenvalue weighted by atomic mass is 32.1. The van der Waals surface area contributed by atoms with Gasteiger partial charge in [-0.2, -0.15) is 0 Å². The van der Waals surface area contributed by atoms with Gasteiger partial charge in [0, 0.05) is 5.56 Å². The number of thiazole rings is 1. The van der Waals surface area contributed by atoms with Crippen molar-refractivity contribution >= 4 is 39.3 Å². The molecule has 1 unspecified atom stereocenters. The van der Waals surface area contributed by atoms with Crippen molar-refractivity contribution in [3.05, 3.63) is 105 Å². The van der Waals surface area contributed by atoms with Crippen LogP contribution in [-0.2, 0) is 16.1 Å². The molecule has 0 aliphatic carbocycles. The van der Waals surface area contributed by atoms with E-state index in [1.54, 1.807) is 69.5 Å². The first-order chi connectivity index (χ1) is 20.4. The van der Waals surface area contributed by atoms with E-state index >= 15 is 0 Å². The van der Waals surface area contributed by atoms with Crippen molar-refractivity contribution in [2.75, 3.05) is 12.4 Å². The van der Waals surface area contributed by atoms with E-state index in [9.17, 15) is 14.4 Å². The maximum Gasteiger partial charge on any atom is 0.350 e. The number of carbonyl (C=O) groups is 2. The number of fused-ring (bicyclic) bond motifs is 1. The lowest BCUT2D eigenvalue weighted by atomic mass is 10.1. The number of esters is 1. The Balaban J connectivity index is 1.37. The van der Waals surface area contributed by atoms with Gasteiger partial charge in [-0.05, 0) is 55.3 Å². The zero-order chi connectivity index (χ0) is 29.6. The number of hydrogen-bond acceptors (Lipinski definition) is 9. The standard InChI is InChI=1S/C32H28N2O7S/c1-4-24(30(36)34-32-33-19(2)29(42-32)31(37)39-18-20-10-6-5-7-11-20)40-28-26(35)23-12-8-9-13-25(23)41-27(28)21-14-16-22(38-3)17-15-21/h5-17,24H,4,18H2,1-3H3,(H,33,34,36). The first kappa shape index (κ1) is 28.6. The third kappa shape index (κ3) is 6.18. The Morgan fingerprint density at radius 2 is 1.71 bits per heavy atom. The van der Waals surface area contributed by atoms with Gasteiger partial charge >= 0.3 is 5.97 Å². The minimum atomic E-state index is -1.05. The molecule has 0 aliphatic heterocycles. The summed E-state index contributed by atoms with van der Waals surface area (Å²) < 4.78 is 22.9. The normalized spacial score (nSPS) is 11.6. The summed E-state index contributed by atoms with van der Waals surface area (Å²) in [7, 11) is 1.56. The molecule has 10 heteroatoms.